The number of aromatic nitrogens is 4. The lowest BCUT2D eigenvalue weighted by molar-refractivity contribution is 0.0491. The van der Waals surface area contributed by atoms with E-state index in [0.717, 1.165) is 45.2 Å². The summed E-state index contributed by atoms with van der Waals surface area (Å²) in [7, 11) is 0. The van der Waals surface area contributed by atoms with Gasteiger partial charge in [0.15, 0.2) is 0 Å². The normalized spacial score (nSPS) is 18.3. The molecule has 0 bridgehead atoms. The lowest BCUT2D eigenvalue weighted by Crippen LogP contribution is -2.44. The van der Waals surface area contributed by atoms with Gasteiger partial charge in [-0.3, -0.25) is 4.98 Å². The number of para-hydroxylation sites is 1. The van der Waals surface area contributed by atoms with Crippen molar-refractivity contribution in [1.82, 2.24) is 24.8 Å². The van der Waals surface area contributed by atoms with Crippen LogP contribution in [-0.4, -0.2) is 37.3 Å². The predicted molar refractivity (Wildman–Crippen MR) is 129 cm³/mol. The Morgan fingerprint density at radius 1 is 1.21 bits per heavy atom. The van der Waals surface area contributed by atoms with E-state index >= 15 is 0 Å². The van der Waals surface area contributed by atoms with E-state index < -0.39 is 11.7 Å². The molecule has 0 radical (unpaired) electrons. The van der Waals surface area contributed by atoms with E-state index in [2.05, 4.69) is 43.9 Å². The van der Waals surface area contributed by atoms with Gasteiger partial charge in [0.1, 0.15) is 23.4 Å². The average Bonchev–Trinajstić information content (AvgIpc) is 3.08. The quantitative estimate of drug-likeness (QED) is 0.467. The number of rotatable bonds is 2. The van der Waals surface area contributed by atoms with Gasteiger partial charge in [-0.05, 0) is 45.2 Å². The van der Waals surface area contributed by atoms with Gasteiger partial charge < -0.3 is 20.4 Å². The number of anilines is 1. The number of alkyl carbamates (subject to hydrolysis) is 1. The Kier molecular flexibility index (Phi) is 4.96. The van der Waals surface area contributed by atoms with Crippen LogP contribution < -0.4 is 11.1 Å². The van der Waals surface area contributed by atoms with Crippen LogP contribution in [-0.2, 0) is 11.3 Å². The average molecular weight is 445 g/mol. The van der Waals surface area contributed by atoms with Gasteiger partial charge in [0, 0.05) is 34.9 Å². The zero-order chi connectivity index (χ0) is 23.3. The number of pyridine rings is 1. The third kappa shape index (κ3) is 3.86. The number of nitrogen functional groups attached to an aromatic ring is 1. The maximum Gasteiger partial charge on any atom is 0.407 e. The van der Waals surface area contributed by atoms with Crippen LogP contribution >= 0.6 is 0 Å². The molecule has 0 saturated carbocycles. The van der Waals surface area contributed by atoms with Crippen LogP contribution in [0.4, 0.5) is 10.6 Å². The lowest BCUT2D eigenvalue weighted by Gasteiger charge is -2.31. The Hall–Kier alpha value is -3.68. The first-order valence-corrected chi connectivity index (χ1v) is 11.2. The van der Waals surface area contributed by atoms with Crippen molar-refractivity contribution < 1.29 is 9.53 Å². The van der Waals surface area contributed by atoms with Gasteiger partial charge in [0.2, 0.25) is 0 Å². The van der Waals surface area contributed by atoms with Gasteiger partial charge in [0.05, 0.1) is 16.9 Å². The second-order valence-corrected chi connectivity index (χ2v) is 9.72. The van der Waals surface area contributed by atoms with Crippen molar-refractivity contribution >= 4 is 33.8 Å². The van der Waals surface area contributed by atoms with Crippen LogP contribution in [0, 0.1) is 0 Å². The van der Waals surface area contributed by atoms with Gasteiger partial charge in [-0.1, -0.05) is 25.1 Å². The number of ether oxygens (including phenoxy) is 1. The molecule has 8 nitrogen and oxygen atoms in total. The highest BCUT2D eigenvalue weighted by atomic mass is 16.6. The Morgan fingerprint density at radius 3 is 2.79 bits per heavy atom. The van der Waals surface area contributed by atoms with Gasteiger partial charge in [-0.25, -0.2) is 14.8 Å². The molecule has 1 aliphatic rings. The van der Waals surface area contributed by atoms with Crippen molar-refractivity contribution in [2.75, 3.05) is 5.73 Å². The number of amides is 1. The van der Waals surface area contributed by atoms with E-state index in [1.54, 1.807) is 0 Å². The summed E-state index contributed by atoms with van der Waals surface area (Å²) < 4.78 is 7.63. The number of nitrogens with two attached hydrogens (primary N) is 1. The molecule has 0 saturated heterocycles. The smallest absolute Gasteiger partial charge is 0.407 e. The van der Waals surface area contributed by atoms with Crippen LogP contribution in [0.5, 0.6) is 0 Å². The molecule has 8 heteroatoms. The highest BCUT2D eigenvalue weighted by molar-refractivity contribution is 6.03. The Bertz CT molecular complexity index is 1370. The fourth-order valence-corrected chi connectivity index (χ4v) is 4.82. The van der Waals surface area contributed by atoms with Crippen molar-refractivity contribution in [3.63, 3.8) is 0 Å². The molecule has 0 fully saturated rings. The predicted octanol–water partition coefficient (Wildman–Crippen LogP) is 4.63. The van der Waals surface area contributed by atoms with Crippen molar-refractivity contribution in [2.45, 2.75) is 58.2 Å². The highest BCUT2D eigenvalue weighted by Gasteiger charge is 2.33. The van der Waals surface area contributed by atoms with E-state index in [4.69, 9.17) is 10.5 Å². The molecule has 4 heterocycles. The maximum absolute atomic E-state index is 12.4. The third-order valence-corrected chi connectivity index (χ3v) is 6.02. The van der Waals surface area contributed by atoms with E-state index in [-0.39, 0.29) is 12.0 Å². The summed E-state index contributed by atoms with van der Waals surface area (Å²) in [6, 6.07) is 10.1. The van der Waals surface area contributed by atoms with E-state index in [0.29, 0.717) is 12.4 Å². The van der Waals surface area contributed by atoms with Crippen molar-refractivity contribution in [3.8, 4) is 11.1 Å². The second-order valence-electron chi connectivity index (χ2n) is 9.72. The van der Waals surface area contributed by atoms with E-state index in [1.807, 2.05) is 45.2 Å². The van der Waals surface area contributed by atoms with Gasteiger partial charge in [0.25, 0.3) is 0 Å². The summed E-state index contributed by atoms with van der Waals surface area (Å²) in [6.45, 7) is 8.31. The topological polar surface area (TPSA) is 108 Å². The van der Waals surface area contributed by atoms with Crippen LogP contribution in [0.15, 0.2) is 42.9 Å². The van der Waals surface area contributed by atoms with Crippen LogP contribution in [0.1, 0.15) is 45.7 Å². The molecule has 2 unspecified atom stereocenters. The minimum Gasteiger partial charge on any atom is -0.444 e. The fraction of sp³-hybridized carbons (Fsp3) is 0.360. The summed E-state index contributed by atoms with van der Waals surface area (Å²) in [4.78, 5) is 25.9. The molecular weight excluding hydrogens is 416 g/mol. The molecular formula is C25H28N6O2. The number of nitrogens with zero attached hydrogens (tertiary/aromatic N) is 4. The van der Waals surface area contributed by atoms with E-state index in [9.17, 15) is 4.79 Å². The molecule has 1 aromatic carbocycles. The summed E-state index contributed by atoms with van der Waals surface area (Å²) in [5.74, 6) is 0.586. The summed E-state index contributed by atoms with van der Waals surface area (Å²) in [6.07, 6.45) is 3.75. The molecule has 5 rings (SSSR count). The maximum atomic E-state index is 12.4. The molecule has 1 aliphatic heterocycles. The number of fused-ring (bicyclic) bond motifs is 4. The van der Waals surface area contributed by atoms with Crippen molar-refractivity contribution in [3.05, 3.63) is 48.5 Å². The molecule has 170 valence electrons. The SMILES string of the molecule is CC1CC(NC(=O)OC(C)(C)C)Cn2c1c(-c1cnc3ccccc3c1)c1c(N)ncnc12. The monoisotopic (exact) mass is 444 g/mol. The Morgan fingerprint density at radius 2 is 2.00 bits per heavy atom. The number of nitrogens with one attached hydrogen (secondary N) is 1. The van der Waals surface area contributed by atoms with Crippen LogP contribution in [0.25, 0.3) is 33.1 Å². The molecule has 1 amide bonds. The number of hydrogen-bond donors (Lipinski definition) is 2. The zero-order valence-electron chi connectivity index (χ0n) is 19.3. The second kappa shape index (κ2) is 7.72. The molecule has 3 N–H and O–H groups in total. The number of carbonyl (C=O) groups is 1. The van der Waals surface area contributed by atoms with Crippen LogP contribution in [0.2, 0.25) is 0 Å². The highest BCUT2D eigenvalue weighted by Crippen LogP contribution is 2.43. The fourth-order valence-electron chi connectivity index (χ4n) is 4.82. The first kappa shape index (κ1) is 21.2. The van der Waals surface area contributed by atoms with Crippen molar-refractivity contribution in [1.29, 1.82) is 0 Å². The molecule has 0 aliphatic carbocycles. The van der Waals surface area contributed by atoms with Crippen LogP contribution in [0.3, 0.4) is 0 Å². The first-order valence-electron chi connectivity index (χ1n) is 11.2. The van der Waals surface area contributed by atoms with Crippen molar-refractivity contribution in [2.24, 2.45) is 0 Å². The van der Waals surface area contributed by atoms with E-state index in [1.165, 1.54) is 6.33 Å². The van der Waals surface area contributed by atoms with Gasteiger partial charge in [-0.15, -0.1) is 0 Å². The molecule has 2 atom stereocenters. The number of carbonyl (C=O) groups excluding carboxylic acids is 1. The number of hydrogen-bond acceptors (Lipinski definition) is 6. The minimum atomic E-state index is -0.548. The summed E-state index contributed by atoms with van der Waals surface area (Å²) in [5, 5.41) is 4.92. The first-order chi connectivity index (χ1) is 15.7. The summed E-state index contributed by atoms with van der Waals surface area (Å²) >= 11 is 0. The molecule has 33 heavy (non-hydrogen) atoms. The van der Waals surface area contributed by atoms with Gasteiger partial charge in [-0.2, -0.15) is 0 Å². The lowest BCUT2D eigenvalue weighted by atomic mass is 9.89. The minimum absolute atomic E-state index is 0.0864. The number of benzene rings is 1. The molecule has 3 aromatic heterocycles. The molecule has 4 aromatic rings. The van der Waals surface area contributed by atoms with Gasteiger partial charge >= 0.3 is 6.09 Å². The zero-order valence-corrected chi connectivity index (χ0v) is 19.3. The molecule has 0 spiro atoms. The third-order valence-electron chi connectivity index (χ3n) is 6.02. The largest absolute Gasteiger partial charge is 0.444 e. The standard InChI is InChI=1S/C25H28N6O2/c1-14-9-17(30-24(32)33-25(2,3)4)12-31-21(14)19(20-22(26)28-13-29-23(20)31)16-10-15-7-5-6-8-18(15)27-11-16/h5-8,10-11,13-14,17H,9,12H2,1-4H3,(H,30,32)(H2,26,28,29). The Balaban J connectivity index is 1.62. The Labute approximate surface area is 192 Å². The summed E-state index contributed by atoms with van der Waals surface area (Å²) in [5.41, 5.74) is 10.7.